The lowest BCUT2D eigenvalue weighted by Crippen LogP contribution is -2.16. The van der Waals surface area contributed by atoms with Crippen LogP contribution < -0.4 is 4.90 Å². The second-order valence-corrected chi connectivity index (χ2v) is 17.2. The first-order valence-electron chi connectivity index (χ1n) is 21.1. The molecule has 1 aliphatic rings. The smallest absolute Gasteiger partial charge is 0.0543 e. The van der Waals surface area contributed by atoms with Gasteiger partial charge in [-0.2, -0.15) is 0 Å². The molecule has 0 radical (unpaired) electrons. The average molecular weight is 751 g/mol. The SMILES string of the molecule is CC(C)(C)c1ccc(-c2ccccc2)c(N(c2ccc3c(c2)c2ccccc2n3-c2ccccc2)c2ccccc2-c2cccc3cccc(C4CCCCC4)c23)c1. The number of hydrogen-bond acceptors (Lipinski definition) is 1. The number of aromatic nitrogens is 1. The van der Waals surface area contributed by atoms with Crippen LogP contribution in [0.5, 0.6) is 0 Å². The number of benzene rings is 8. The largest absolute Gasteiger partial charge is 0.309 e. The predicted molar refractivity (Wildman–Crippen MR) is 248 cm³/mol. The van der Waals surface area contributed by atoms with Crippen molar-refractivity contribution in [3.63, 3.8) is 0 Å². The number of nitrogens with zero attached hydrogens (tertiary/aromatic N) is 2. The van der Waals surface area contributed by atoms with Crippen molar-refractivity contribution < 1.29 is 0 Å². The molecule has 0 saturated heterocycles. The van der Waals surface area contributed by atoms with E-state index in [0.717, 1.165) is 11.4 Å². The molecule has 8 aromatic carbocycles. The van der Waals surface area contributed by atoms with Crippen molar-refractivity contribution in [2.24, 2.45) is 0 Å². The van der Waals surface area contributed by atoms with Crippen molar-refractivity contribution in [1.29, 1.82) is 0 Å². The van der Waals surface area contributed by atoms with E-state index in [2.05, 4.69) is 212 Å². The third-order valence-corrected chi connectivity index (χ3v) is 12.5. The Bertz CT molecular complexity index is 2900. The van der Waals surface area contributed by atoms with Crippen molar-refractivity contribution in [3.8, 4) is 27.9 Å². The molecule has 2 nitrogen and oxygen atoms in total. The Hall–Kier alpha value is -6.38. The zero-order valence-electron chi connectivity index (χ0n) is 33.8. The van der Waals surface area contributed by atoms with E-state index in [1.807, 2.05) is 0 Å². The third kappa shape index (κ3) is 6.38. The van der Waals surface area contributed by atoms with Crippen LogP contribution >= 0.6 is 0 Å². The van der Waals surface area contributed by atoms with Gasteiger partial charge in [-0.1, -0.05) is 173 Å². The van der Waals surface area contributed by atoms with Gasteiger partial charge in [0.25, 0.3) is 0 Å². The van der Waals surface area contributed by atoms with Crippen LogP contribution in [0.25, 0.3) is 60.5 Å². The second-order valence-electron chi connectivity index (χ2n) is 17.2. The van der Waals surface area contributed by atoms with Gasteiger partial charge in [0.2, 0.25) is 0 Å². The van der Waals surface area contributed by atoms with E-state index in [4.69, 9.17) is 0 Å². The van der Waals surface area contributed by atoms with Crippen LogP contribution in [0.15, 0.2) is 182 Å². The highest BCUT2D eigenvalue weighted by molar-refractivity contribution is 6.11. The molecule has 284 valence electrons. The van der Waals surface area contributed by atoms with E-state index in [0.29, 0.717) is 5.92 Å². The maximum Gasteiger partial charge on any atom is 0.0543 e. The van der Waals surface area contributed by atoms with Gasteiger partial charge in [-0.05, 0) is 106 Å². The Morgan fingerprint density at radius 1 is 0.500 bits per heavy atom. The molecule has 0 amide bonds. The summed E-state index contributed by atoms with van der Waals surface area (Å²) in [5.41, 5.74) is 14.7. The minimum atomic E-state index is -0.0489. The number of para-hydroxylation sites is 3. The summed E-state index contributed by atoms with van der Waals surface area (Å²) in [6, 6.07) is 67.8. The average Bonchev–Trinajstić information content (AvgIpc) is 3.60. The molecule has 0 N–H and O–H groups in total. The maximum absolute atomic E-state index is 2.56. The number of hydrogen-bond donors (Lipinski definition) is 0. The standard InChI is InChI=1S/C56H50N2/c1-56(2,3)42-33-35-45(39-19-7-4-8-20-39)54(37-42)58(44-34-36-53-50(38-44)48-28-14-16-32-52(48)57(53)43-25-11-6-12-26-43)51-31-15-13-27-47(51)49-30-18-24-41-23-17-29-46(55(41)49)40-21-9-5-10-22-40/h4,6-8,11-20,23-38,40H,5,9-10,21-22H2,1-3H3. The predicted octanol–water partition coefficient (Wildman–Crippen LogP) is 16.1. The van der Waals surface area contributed by atoms with Crippen LogP contribution in [0, 0.1) is 0 Å². The van der Waals surface area contributed by atoms with Crippen molar-refractivity contribution in [1.82, 2.24) is 4.57 Å². The van der Waals surface area contributed by atoms with Crippen molar-refractivity contribution in [2.45, 2.75) is 64.2 Å². The molecule has 1 aromatic heterocycles. The van der Waals surface area contributed by atoms with Gasteiger partial charge < -0.3 is 9.47 Å². The van der Waals surface area contributed by atoms with Gasteiger partial charge in [0.05, 0.1) is 22.4 Å². The van der Waals surface area contributed by atoms with Crippen LogP contribution in [-0.2, 0) is 5.41 Å². The normalized spacial score (nSPS) is 13.7. The molecule has 0 bridgehead atoms. The third-order valence-electron chi connectivity index (χ3n) is 12.5. The van der Waals surface area contributed by atoms with Gasteiger partial charge in [-0.15, -0.1) is 0 Å². The van der Waals surface area contributed by atoms with Gasteiger partial charge in [0.1, 0.15) is 0 Å². The quantitative estimate of drug-likeness (QED) is 0.157. The molecule has 1 saturated carbocycles. The molecule has 1 aliphatic carbocycles. The summed E-state index contributed by atoms with van der Waals surface area (Å²) in [6.45, 7) is 6.96. The molecular formula is C56H50N2. The van der Waals surface area contributed by atoms with Crippen molar-refractivity contribution >= 4 is 49.6 Å². The highest BCUT2D eigenvalue weighted by atomic mass is 15.1. The first-order chi connectivity index (χ1) is 28.4. The highest BCUT2D eigenvalue weighted by Gasteiger charge is 2.26. The fraction of sp³-hybridized carbons (Fsp3) is 0.179. The lowest BCUT2D eigenvalue weighted by molar-refractivity contribution is 0.445. The number of anilines is 3. The minimum Gasteiger partial charge on any atom is -0.309 e. The molecule has 1 fully saturated rings. The Labute approximate surface area is 343 Å². The topological polar surface area (TPSA) is 8.17 Å². The molecular weight excluding hydrogens is 701 g/mol. The van der Waals surface area contributed by atoms with E-state index in [1.165, 1.54) is 109 Å². The van der Waals surface area contributed by atoms with Crippen LogP contribution in [0.4, 0.5) is 17.1 Å². The number of fused-ring (bicyclic) bond motifs is 4. The van der Waals surface area contributed by atoms with Crippen LogP contribution in [0.1, 0.15) is 69.9 Å². The van der Waals surface area contributed by atoms with Crippen molar-refractivity contribution in [3.05, 3.63) is 193 Å². The Morgan fingerprint density at radius 3 is 1.97 bits per heavy atom. The Morgan fingerprint density at radius 2 is 1.17 bits per heavy atom. The fourth-order valence-electron chi connectivity index (χ4n) is 9.65. The fourth-order valence-corrected chi connectivity index (χ4v) is 9.65. The molecule has 0 atom stereocenters. The first kappa shape index (κ1) is 36.0. The Kier molecular flexibility index (Phi) is 9.21. The molecule has 0 spiro atoms. The molecule has 1 heterocycles. The van der Waals surface area contributed by atoms with Crippen molar-refractivity contribution in [2.75, 3.05) is 4.90 Å². The summed E-state index contributed by atoms with van der Waals surface area (Å²) < 4.78 is 2.41. The first-order valence-corrected chi connectivity index (χ1v) is 21.1. The second kappa shape index (κ2) is 14.8. The zero-order valence-corrected chi connectivity index (χ0v) is 33.8. The molecule has 2 heteroatoms. The monoisotopic (exact) mass is 750 g/mol. The summed E-state index contributed by atoms with van der Waals surface area (Å²) in [6.07, 6.45) is 6.49. The molecule has 58 heavy (non-hydrogen) atoms. The lowest BCUT2D eigenvalue weighted by atomic mass is 9.80. The molecule has 0 aliphatic heterocycles. The van der Waals surface area contributed by atoms with Crippen LogP contribution in [-0.4, -0.2) is 4.57 Å². The summed E-state index contributed by atoms with van der Waals surface area (Å²) in [7, 11) is 0. The zero-order chi connectivity index (χ0) is 39.2. The van der Waals surface area contributed by atoms with Gasteiger partial charge >= 0.3 is 0 Å². The maximum atomic E-state index is 2.56. The lowest BCUT2D eigenvalue weighted by Gasteiger charge is -2.32. The molecule has 9 aromatic rings. The summed E-state index contributed by atoms with van der Waals surface area (Å²) in [5.74, 6) is 0.583. The summed E-state index contributed by atoms with van der Waals surface area (Å²) >= 11 is 0. The summed E-state index contributed by atoms with van der Waals surface area (Å²) in [5, 5.41) is 5.20. The van der Waals surface area contributed by atoms with Gasteiger partial charge in [0.15, 0.2) is 0 Å². The van der Waals surface area contributed by atoms with E-state index in [9.17, 15) is 0 Å². The van der Waals surface area contributed by atoms with Gasteiger partial charge in [-0.3, -0.25) is 0 Å². The number of rotatable bonds is 7. The van der Waals surface area contributed by atoms with E-state index >= 15 is 0 Å². The molecule has 0 unspecified atom stereocenters. The van der Waals surface area contributed by atoms with E-state index < -0.39 is 0 Å². The van der Waals surface area contributed by atoms with Gasteiger partial charge in [0, 0.05) is 33.3 Å². The minimum absolute atomic E-state index is 0.0489. The van der Waals surface area contributed by atoms with E-state index in [-0.39, 0.29) is 5.41 Å². The van der Waals surface area contributed by atoms with Gasteiger partial charge in [-0.25, -0.2) is 0 Å². The van der Waals surface area contributed by atoms with Crippen LogP contribution in [0.2, 0.25) is 0 Å². The van der Waals surface area contributed by atoms with E-state index in [1.54, 1.807) is 0 Å². The molecule has 10 rings (SSSR count). The Balaban J connectivity index is 1.28. The van der Waals surface area contributed by atoms with Crippen LogP contribution in [0.3, 0.4) is 0 Å². The summed E-state index contributed by atoms with van der Waals surface area (Å²) in [4.78, 5) is 2.56. The highest BCUT2D eigenvalue weighted by Crippen LogP contribution is 2.49.